The van der Waals surface area contributed by atoms with Crippen molar-refractivity contribution in [3.05, 3.63) is 28.9 Å². The number of H-pyrrole nitrogens is 1. The summed E-state index contributed by atoms with van der Waals surface area (Å²) in [6, 6.07) is 5.46. The molecule has 1 heterocycles. The third-order valence-corrected chi connectivity index (χ3v) is 2.60. The maximum atomic E-state index is 11.4. The first kappa shape index (κ1) is 10.1. The van der Waals surface area contributed by atoms with Crippen LogP contribution in [0.15, 0.2) is 18.2 Å². The second-order valence-electron chi connectivity index (χ2n) is 3.28. The van der Waals surface area contributed by atoms with E-state index in [0.29, 0.717) is 16.5 Å². The number of halogens is 1. The van der Waals surface area contributed by atoms with E-state index in [9.17, 15) is 4.79 Å². The monoisotopic (exact) mass is 223 g/mol. The molecule has 4 heteroatoms. The third kappa shape index (κ3) is 1.59. The Morgan fingerprint density at radius 2 is 2.20 bits per heavy atom. The van der Waals surface area contributed by atoms with E-state index in [1.54, 1.807) is 13.2 Å². The van der Waals surface area contributed by atoms with Crippen LogP contribution in [0.1, 0.15) is 17.3 Å². The standard InChI is InChI=1S/C11H10ClNO2/c1-6(14)10-8-5-7(15-2)3-4-9(8)13-11(10)12/h3-5,13H,1-2H3. The number of ketones is 1. The molecule has 0 amide bonds. The van der Waals surface area contributed by atoms with Gasteiger partial charge in [-0.15, -0.1) is 0 Å². The minimum Gasteiger partial charge on any atom is -0.497 e. The molecule has 0 saturated carbocycles. The van der Waals surface area contributed by atoms with Gasteiger partial charge in [0.1, 0.15) is 10.9 Å². The van der Waals surface area contributed by atoms with Crippen molar-refractivity contribution >= 4 is 28.3 Å². The SMILES string of the molecule is COc1ccc2[nH]c(Cl)c(C(C)=O)c2c1. The van der Waals surface area contributed by atoms with Crippen molar-refractivity contribution in [3.63, 3.8) is 0 Å². The van der Waals surface area contributed by atoms with Crippen molar-refractivity contribution in [2.45, 2.75) is 6.92 Å². The first-order valence-electron chi connectivity index (χ1n) is 4.49. The lowest BCUT2D eigenvalue weighted by Crippen LogP contribution is -1.91. The highest BCUT2D eigenvalue weighted by Crippen LogP contribution is 2.29. The average Bonchev–Trinajstić information content (AvgIpc) is 2.52. The Kier molecular flexibility index (Phi) is 2.40. The zero-order chi connectivity index (χ0) is 11.0. The number of Topliss-reactive ketones (excluding diaryl/α,β-unsaturated/α-hetero) is 1. The summed E-state index contributed by atoms with van der Waals surface area (Å²) >= 11 is 5.94. The fourth-order valence-corrected chi connectivity index (χ4v) is 1.95. The quantitative estimate of drug-likeness (QED) is 0.796. The van der Waals surface area contributed by atoms with Crippen LogP contribution in [0.4, 0.5) is 0 Å². The molecular weight excluding hydrogens is 214 g/mol. The van der Waals surface area contributed by atoms with E-state index >= 15 is 0 Å². The number of ether oxygens (including phenoxy) is 1. The number of carbonyl (C=O) groups is 1. The number of nitrogens with one attached hydrogen (secondary N) is 1. The van der Waals surface area contributed by atoms with E-state index in [4.69, 9.17) is 16.3 Å². The van der Waals surface area contributed by atoms with Crippen LogP contribution in [0, 0.1) is 0 Å². The van der Waals surface area contributed by atoms with Crippen molar-refractivity contribution in [2.75, 3.05) is 7.11 Å². The fraction of sp³-hybridized carbons (Fsp3) is 0.182. The van der Waals surface area contributed by atoms with Crippen molar-refractivity contribution in [3.8, 4) is 5.75 Å². The van der Waals surface area contributed by atoms with Crippen molar-refractivity contribution in [1.82, 2.24) is 4.98 Å². The third-order valence-electron chi connectivity index (χ3n) is 2.31. The van der Waals surface area contributed by atoms with E-state index < -0.39 is 0 Å². The molecule has 0 aliphatic heterocycles. The van der Waals surface area contributed by atoms with E-state index in [2.05, 4.69) is 4.98 Å². The highest BCUT2D eigenvalue weighted by molar-refractivity contribution is 6.35. The number of rotatable bonds is 2. The first-order valence-corrected chi connectivity index (χ1v) is 4.87. The molecule has 1 aromatic carbocycles. The number of hydrogen-bond acceptors (Lipinski definition) is 2. The first-order chi connectivity index (χ1) is 7.13. The zero-order valence-corrected chi connectivity index (χ0v) is 9.18. The van der Waals surface area contributed by atoms with Crippen LogP contribution in [-0.4, -0.2) is 17.9 Å². The molecule has 0 bridgehead atoms. The molecule has 0 saturated heterocycles. The number of aromatic nitrogens is 1. The van der Waals surface area contributed by atoms with Gasteiger partial charge >= 0.3 is 0 Å². The van der Waals surface area contributed by atoms with E-state index in [-0.39, 0.29) is 5.78 Å². The molecule has 1 aromatic heterocycles. The van der Waals surface area contributed by atoms with E-state index in [1.807, 2.05) is 12.1 Å². The Bertz CT molecular complexity index is 531. The average molecular weight is 224 g/mol. The van der Waals surface area contributed by atoms with Gasteiger partial charge in [0.15, 0.2) is 5.78 Å². The normalized spacial score (nSPS) is 10.6. The molecular formula is C11H10ClNO2. The molecule has 3 nitrogen and oxygen atoms in total. The van der Waals surface area contributed by atoms with Crippen molar-refractivity contribution in [2.24, 2.45) is 0 Å². The molecule has 0 fully saturated rings. The number of aromatic amines is 1. The van der Waals surface area contributed by atoms with Crippen LogP contribution in [-0.2, 0) is 0 Å². The summed E-state index contributed by atoms with van der Waals surface area (Å²) in [5.74, 6) is 0.653. The van der Waals surface area contributed by atoms with Crippen LogP contribution >= 0.6 is 11.6 Å². The highest BCUT2D eigenvalue weighted by Gasteiger charge is 2.14. The summed E-state index contributed by atoms with van der Waals surface area (Å²) in [6.45, 7) is 1.49. The summed E-state index contributed by atoms with van der Waals surface area (Å²) in [7, 11) is 1.59. The number of hydrogen-bond donors (Lipinski definition) is 1. The topological polar surface area (TPSA) is 42.1 Å². The Morgan fingerprint density at radius 3 is 2.80 bits per heavy atom. The fourth-order valence-electron chi connectivity index (χ4n) is 1.61. The van der Waals surface area contributed by atoms with Gasteiger partial charge < -0.3 is 9.72 Å². The Morgan fingerprint density at radius 1 is 1.47 bits per heavy atom. The molecule has 2 aromatic rings. The molecule has 0 aliphatic carbocycles. The van der Waals surface area contributed by atoms with Gasteiger partial charge in [-0.25, -0.2) is 0 Å². The van der Waals surface area contributed by atoms with Crippen LogP contribution in [0.5, 0.6) is 5.75 Å². The molecule has 15 heavy (non-hydrogen) atoms. The number of carbonyl (C=O) groups excluding carboxylic acids is 1. The van der Waals surface area contributed by atoms with Crippen molar-refractivity contribution < 1.29 is 9.53 Å². The molecule has 0 aliphatic rings. The van der Waals surface area contributed by atoms with Gasteiger partial charge in [0.2, 0.25) is 0 Å². The zero-order valence-electron chi connectivity index (χ0n) is 8.43. The molecule has 0 atom stereocenters. The Hall–Kier alpha value is -1.48. The highest BCUT2D eigenvalue weighted by atomic mass is 35.5. The summed E-state index contributed by atoms with van der Waals surface area (Å²) in [5.41, 5.74) is 1.36. The van der Waals surface area contributed by atoms with E-state index in [0.717, 1.165) is 10.9 Å². The van der Waals surface area contributed by atoms with Crippen LogP contribution in [0.25, 0.3) is 10.9 Å². The second-order valence-corrected chi connectivity index (χ2v) is 3.66. The minimum absolute atomic E-state index is 0.0560. The smallest absolute Gasteiger partial charge is 0.163 e. The Balaban J connectivity index is 2.77. The number of fused-ring (bicyclic) bond motifs is 1. The van der Waals surface area contributed by atoms with Crippen LogP contribution < -0.4 is 4.74 Å². The van der Waals surface area contributed by atoms with Gasteiger partial charge in [0.25, 0.3) is 0 Å². The van der Waals surface area contributed by atoms with Crippen LogP contribution in [0.3, 0.4) is 0 Å². The van der Waals surface area contributed by atoms with Crippen molar-refractivity contribution in [1.29, 1.82) is 0 Å². The van der Waals surface area contributed by atoms with E-state index in [1.165, 1.54) is 6.92 Å². The summed E-state index contributed by atoms with van der Waals surface area (Å²) in [6.07, 6.45) is 0. The number of methoxy groups -OCH3 is 1. The lowest BCUT2D eigenvalue weighted by Gasteiger charge is -1.99. The van der Waals surface area contributed by atoms with Crippen LogP contribution in [0.2, 0.25) is 5.15 Å². The van der Waals surface area contributed by atoms with Gasteiger partial charge in [0, 0.05) is 10.9 Å². The van der Waals surface area contributed by atoms with Gasteiger partial charge in [-0.05, 0) is 25.1 Å². The lowest BCUT2D eigenvalue weighted by atomic mass is 10.1. The molecule has 0 spiro atoms. The minimum atomic E-state index is -0.0560. The predicted molar refractivity (Wildman–Crippen MR) is 59.9 cm³/mol. The van der Waals surface area contributed by atoms with Gasteiger partial charge in [-0.1, -0.05) is 11.6 Å². The molecule has 2 rings (SSSR count). The lowest BCUT2D eigenvalue weighted by molar-refractivity contribution is 0.101. The summed E-state index contributed by atoms with van der Waals surface area (Å²) in [4.78, 5) is 14.3. The molecule has 0 radical (unpaired) electrons. The predicted octanol–water partition coefficient (Wildman–Crippen LogP) is 3.03. The maximum Gasteiger partial charge on any atom is 0.163 e. The largest absolute Gasteiger partial charge is 0.497 e. The van der Waals surface area contributed by atoms with Gasteiger partial charge in [-0.3, -0.25) is 4.79 Å². The van der Waals surface area contributed by atoms with Gasteiger partial charge in [0.05, 0.1) is 12.7 Å². The number of benzene rings is 1. The second kappa shape index (κ2) is 3.59. The molecule has 78 valence electrons. The summed E-state index contributed by atoms with van der Waals surface area (Å²) in [5, 5.41) is 1.18. The Labute approximate surface area is 92.0 Å². The molecule has 1 N–H and O–H groups in total. The van der Waals surface area contributed by atoms with Gasteiger partial charge in [-0.2, -0.15) is 0 Å². The molecule has 0 unspecified atom stereocenters. The maximum absolute atomic E-state index is 11.4. The summed E-state index contributed by atoms with van der Waals surface area (Å²) < 4.78 is 5.10.